The Hall–Kier alpha value is -3.29. The van der Waals surface area contributed by atoms with E-state index in [0.29, 0.717) is 11.4 Å². The molecule has 7 heteroatoms. The number of hydrogen-bond acceptors (Lipinski definition) is 5. The maximum absolute atomic E-state index is 15.5. The molecule has 2 aromatic carbocycles. The Bertz CT molecular complexity index is 1330. The average Bonchev–Trinajstić information content (AvgIpc) is 3.34. The molecule has 3 heterocycles. The summed E-state index contributed by atoms with van der Waals surface area (Å²) >= 11 is 0. The zero-order valence-electron chi connectivity index (χ0n) is 22.2. The molecule has 194 valence electrons. The maximum Gasteiger partial charge on any atom is 0.167 e. The summed E-state index contributed by atoms with van der Waals surface area (Å²) in [7, 11) is 0. The first-order chi connectivity index (χ1) is 17.9. The Labute approximate surface area is 219 Å². The van der Waals surface area contributed by atoms with E-state index in [1.807, 2.05) is 16.7 Å². The third kappa shape index (κ3) is 5.38. The lowest BCUT2D eigenvalue weighted by molar-refractivity contribution is 0.599. The van der Waals surface area contributed by atoms with Crippen LogP contribution in [0.3, 0.4) is 0 Å². The molecule has 0 radical (unpaired) electrons. The minimum atomic E-state index is -0.272. The summed E-state index contributed by atoms with van der Waals surface area (Å²) in [4.78, 5) is 0. The molecule has 2 aliphatic rings. The van der Waals surface area contributed by atoms with Crippen LogP contribution in [0.2, 0.25) is 0 Å². The molecule has 5 rings (SSSR count). The van der Waals surface area contributed by atoms with E-state index in [-0.39, 0.29) is 17.9 Å². The molecule has 0 fully saturated rings. The van der Waals surface area contributed by atoms with Gasteiger partial charge in [-0.1, -0.05) is 24.3 Å². The summed E-state index contributed by atoms with van der Waals surface area (Å²) in [5.74, 6) is 1.02. The van der Waals surface area contributed by atoms with Crippen molar-refractivity contribution in [2.75, 3.05) is 31.5 Å². The van der Waals surface area contributed by atoms with Crippen molar-refractivity contribution in [2.45, 2.75) is 52.6 Å². The van der Waals surface area contributed by atoms with Crippen molar-refractivity contribution in [3.8, 4) is 22.8 Å². The van der Waals surface area contributed by atoms with Crippen molar-refractivity contribution in [2.24, 2.45) is 0 Å². The molecule has 0 atom stereocenters. The first-order valence-electron chi connectivity index (χ1n) is 13.4. The van der Waals surface area contributed by atoms with Crippen LogP contribution in [0.25, 0.3) is 33.9 Å². The Balaban J connectivity index is 1.57. The van der Waals surface area contributed by atoms with Crippen molar-refractivity contribution >= 4 is 16.8 Å². The van der Waals surface area contributed by atoms with Crippen molar-refractivity contribution in [1.29, 1.82) is 0 Å². The van der Waals surface area contributed by atoms with Crippen LogP contribution in [0.15, 0.2) is 48.6 Å². The van der Waals surface area contributed by atoms with Gasteiger partial charge in [0.05, 0.1) is 5.56 Å². The van der Waals surface area contributed by atoms with Gasteiger partial charge in [0.25, 0.3) is 0 Å². The molecule has 0 unspecified atom stereocenters. The first kappa shape index (κ1) is 25.4. The molecule has 37 heavy (non-hydrogen) atoms. The number of hydrogen-bond donors (Lipinski definition) is 3. The normalized spacial score (nSPS) is 16.2. The zero-order chi connectivity index (χ0) is 25.9. The second kappa shape index (κ2) is 11.0. The monoisotopic (exact) mass is 500 g/mol. The molecule has 0 saturated carbocycles. The van der Waals surface area contributed by atoms with E-state index in [0.717, 1.165) is 61.7 Å². The summed E-state index contributed by atoms with van der Waals surface area (Å²) in [6.45, 7) is 12.1. The Kier molecular flexibility index (Phi) is 7.53. The van der Waals surface area contributed by atoms with E-state index in [1.54, 1.807) is 6.07 Å². The molecular formula is C30H37FN6. The molecule has 6 nitrogen and oxygen atoms in total. The highest BCUT2D eigenvalue weighted by Gasteiger charge is 2.23. The van der Waals surface area contributed by atoms with Gasteiger partial charge in [0.1, 0.15) is 5.82 Å². The third-order valence-corrected chi connectivity index (χ3v) is 7.00. The number of nitrogens with one attached hydrogen (secondary N) is 3. The zero-order valence-corrected chi connectivity index (χ0v) is 22.2. The Morgan fingerprint density at radius 2 is 1.38 bits per heavy atom. The average molecular weight is 501 g/mol. The van der Waals surface area contributed by atoms with E-state index < -0.39 is 0 Å². The van der Waals surface area contributed by atoms with Crippen molar-refractivity contribution in [1.82, 2.24) is 25.4 Å². The number of halogens is 1. The summed E-state index contributed by atoms with van der Waals surface area (Å²) in [5, 5.41) is 19.4. The fourth-order valence-electron chi connectivity index (χ4n) is 5.18. The van der Waals surface area contributed by atoms with Crippen LogP contribution in [0, 0.1) is 5.82 Å². The highest BCUT2D eigenvalue weighted by atomic mass is 19.1. The number of anilines is 1. The Morgan fingerprint density at radius 3 is 1.89 bits per heavy atom. The molecular weight excluding hydrogens is 463 g/mol. The predicted molar refractivity (Wildman–Crippen MR) is 151 cm³/mol. The summed E-state index contributed by atoms with van der Waals surface area (Å²) in [5.41, 5.74) is 7.15. The topological polar surface area (TPSA) is 66.8 Å². The fraction of sp³-hybridized carbons (Fsp3) is 0.400. The molecule has 3 N–H and O–H groups in total. The van der Waals surface area contributed by atoms with E-state index in [1.165, 1.54) is 16.7 Å². The van der Waals surface area contributed by atoms with Crippen LogP contribution >= 0.6 is 0 Å². The minimum absolute atomic E-state index is 0.0462. The highest BCUT2D eigenvalue weighted by Crippen LogP contribution is 2.36. The molecule has 0 saturated heterocycles. The number of benzene rings is 2. The predicted octanol–water partition coefficient (Wildman–Crippen LogP) is 5.91. The van der Waals surface area contributed by atoms with Crippen LogP contribution in [-0.4, -0.2) is 47.0 Å². The molecule has 0 bridgehead atoms. The molecule has 2 aliphatic heterocycles. The maximum atomic E-state index is 15.5. The second-order valence-electron chi connectivity index (χ2n) is 10.4. The van der Waals surface area contributed by atoms with Gasteiger partial charge in [-0.15, -0.1) is 10.2 Å². The molecule has 3 aromatic rings. The van der Waals surface area contributed by atoms with Gasteiger partial charge in [0.15, 0.2) is 11.6 Å². The van der Waals surface area contributed by atoms with Gasteiger partial charge >= 0.3 is 0 Å². The highest BCUT2D eigenvalue weighted by molar-refractivity contribution is 5.81. The minimum Gasteiger partial charge on any atom is -0.382 e. The van der Waals surface area contributed by atoms with Crippen molar-refractivity contribution in [3.05, 3.63) is 65.5 Å². The van der Waals surface area contributed by atoms with Crippen molar-refractivity contribution < 1.29 is 4.39 Å². The molecule has 1 aromatic heterocycles. The van der Waals surface area contributed by atoms with Gasteiger partial charge in [0, 0.05) is 36.4 Å². The summed E-state index contributed by atoms with van der Waals surface area (Å²) < 4.78 is 17.6. The quantitative estimate of drug-likeness (QED) is 0.377. The van der Waals surface area contributed by atoms with E-state index in [9.17, 15) is 0 Å². The lowest BCUT2D eigenvalue weighted by Crippen LogP contribution is -2.20. The summed E-state index contributed by atoms with van der Waals surface area (Å²) in [6, 6.07) is 12.3. The van der Waals surface area contributed by atoms with Crippen molar-refractivity contribution in [3.63, 3.8) is 0 Å². The second-order valence-corrected chi connectivity index (χ2v) is 10.4. The smallest absolute Gasteiger partial charge is 0.167 e. The number of nitrogens with zero attached hydrogens (tertiary/aromatic N) is 3. The SMILES string of the molecule is CC(C)Nc1cc(C2=CCNCC2)ccc1-c1nnc(-c2ccc(C3=CCNCC3)cc2F)n1C(C)C. The van der Waals surface area contributed by atoms with Gasteiger partial charge in [-0.2, -0.15) is 0 Å². The molecule has 0 aliphatic carbocycles. The lowest BCUT2D eigenvalue weighted by Gasteiger charge is -2.21. The van der Waals surface area contributed by atoms with Crippen LogP contribution in [0.5, 0.6) is 0 Å². The van der Waals surface area contributed by atoms with Gasteiger partial charge in [-0.05, 0) is 100 Å². The Morgan fingerprint density at radius 1 is 0.811 bits per heavy atom. The van der Waals surface area contributed by atoms with Crippen LogP contribution in [0.4, 0.5) is 10.1 Å². The van der Waals surface area contributed by atoms with Gasteiger partial charge in [-0.3, -0.25) is 0 Å². The van der Waals surface area contributed by atoms with E-state index in [4.69, 9.17) is 0 Å². The van der Waals surface area contributed by atoms with E-state index >= 15 is 4.39 Å². The van der Waals surface area contributed by atoms with Crippen LogP contribution in [0.1, 0.15) is 57.7 Å². The molecule has 0 amide bonds. The third-order valence-electron chi connectivity index (χ3n) is 7.00. The number of aromatic nitrogens is 3. The van der Waals surface area contributed by atoms with Gasteiger partial charge < -0.3 is 20.5 Å². The van der Waals surface area contributed by atoms with E-state index in [2.05, 4.69) is 84.2 Å². The standard InChI is InChI=1S/C30H37FN6/c1-19(2)34-28-18-24(22-11-15-33-16-12-22)6-8-26(28)30-36-35-29(37(30)20(3)4)25-7-5-23(17-27(25)31)21-9-13-32-14-10-21/h5-9,11,17-20,32-34H,10,12-16H2,1-4H3. The van der Waals surface area contributed by atoms with Gasteiger partial charge in [0.2, 0.25) is 0 Å². The lowest BCUT2D eigenvalue weighted by atomic mass is 9.97. The summed E-state index contributed by atoms with van der Waals surface area (Å²) in [6.07, 6.45) is 6.31. The van der Waals surface area contributed by atoms with Crippen LogP contribution < -0.4 is 16.0 Å². The first-order valence-corrected chi connectivity index (χ1v) is 13.4. The largest absolute Gasteiger partial charge is 0.382 e. The fourth-order valence-corrected chi connectivity index (χ4v) is 5.18. The number of rotatable bonds is 7. The van der Waals surface area contributed by atoms with Gasteiger partial charge in [-0.25, -0.2) is 4.39 Å². The molecule has 0 spiro atoms. The van der Waals surface area contributed by atoms with Crippen LogP contribution in [-0.2, 0) is 0 Å².